The summed E-state index contributed by atoms with van der Waals surface area (Å²) in [6.45, 7) is 0.892. The minimum atomic E-state index is -4.37. The molecule has 0 aromatic heterocycles. The highest BCUT2D eigenvalue weighted by Gasteiger charge is 2.28. The first-order chi connectivity index (χ1) is 9.81. The minimum absolute atomic E-state index is 0.124. The first kappa shape index (κ1) is 17.3. The molecular weight excluding hydrogens is 287 g/mol. The van der Waals surface area contributed by atoms with Crippen LogP contribution in [0.4, 0.5) is 13.2 Å². The molecule has 0 radical (unpaired) electrons. The van der Waals surface area contributed by atoms with Gasteiger partial charge in [-0.3, -0.25) is 4.79 Å². The van der Waals surface area contributed by atoms with E-state index in [1.54, 1.807) is 12.1 Å². The molecule has 0 fully saturated rings. The number of hydrogen-bond donors (Lipinski definition) is 2. The van der Waals surface area contributed by atoms with Crippen molar-refractivity contribution in [3.63, 3.8) is 0 Å². The molecule has 0 saturated heterocycles. The molecule has 7 heteroatoms. The largest absolute Gasteiger partial charge is 0.484 e. The van der Waals surface area contributed by atoms with E-state index in [0.29, 0.717) is 13.0 Å². The summed E-state index contributed by atoms with van der Waals surface area (Å²) in [6, 6.07) is 5.43. The highest BCUT2D eigenvalue weighted by atomic mass is 19.4. The number of rotatable bonds is 8. The van der Waals surface area contributed by atoms with E-state index in [1.165, 1.54) is 12.1 Å². The molecule has 21 heavy (non-hydrogen) atoms. The molecule has 2 N–H and O–H groups in total. The molecule has 1 atom stereocenters. The van der Waals surface area contributed by atoms with Gasteiger partial charge in [0.05, 0.1) is 0 Å². The number of ether oxygens (including phenoxy) is 1. The van der Waals surface area contributed by atoms with Crippen LogP contribution in [0.5, 0.6) is 5.75 Å². The van der Waals surface area contributed by atoms with Crippen LogP contribution in [-0.4, -0.2) is 29.9 Å². The predicted octanol–water partition coefficient (Wildman–Crippen LogP) is 2.97. The van der Waals surface area contributed by atoms with Gasteiger partial charge in [-0.05, 0) is 24.1 Å². The number of nitrogens with one attached hydrogen (secondary N) is 1. The lowest BCUT2D eigenvalue weighted by Gasteiger charge is -2.14. The van der Waals surface area contributed by atoms with E-state index in [2.05, 4.69) is 10.1 Å². The Bertz CT molecular complexity index is 446. The third kappa shape index (κ3) is 6.99. The maximum atomic E-state index is 12.0. The van der Waals surface area contributed by atoms with E-state index >= 15 is 0 Å². The summed E-state index contributed by atoms with van der Waals surface area (Å²) < 4.78 is 40.6. The van der Waals surface area contributed by atoms with Crippen LogP contribution >= 0.6 is 0 Å². The molecule has 1 rings (SSSR count). The standard InChI is InChI=1S/C14H18F3NO3/c1-2-3-12(13(19)20)18-8-10-4-6-11(7-5-10)21-9-14(15,16)17/h4-7,12,18H,2-3,8-9H2,1H3,(H,19,20). The lowest BCUT2D eigenvalue weighted by Crippen LogP contribution is -2.35. The molecule has 1 unspecified atom stereocenters. The molecule has 4 nitrogen and oxygen atoms in total. The van der Waals surface area contributed by atoms with Crippen molar-refractivity contribution in [2.45, 2.75) is 38.5 Å². The van der Waals surface area contributed by atoms with E-state index in [4.69, 9.17) is 5.11 Å². The van der Waals surface area contributed by atoms with Crippen LogP contribution < -0.4 is 10.1 Å². The van der Waals surface area contributed by atoms with E-state index in [9.17, 15) is 18.0 Å². The van der Waals surface area contributed by atoms with Gasteiger partial charge < -0.3 is 15.2 Å². The average Bonchev–Trinajstić information content (AvgIpc) is 2.41. The average molecular weight is 305 g/mol. The third-order valence-electron chi connectivity index (χ3n) is 2.75. The normalized spacial score (nSPS) is 13.0. The number of carbonyl (C=O) groups is 1. The van der Waals surface area contributed by atoms with Crippen LogP contribution in [0, 0.1) is 0 Å². The number of alkyl halides is 3. The van der Waals surface area contributed by atoms with Gasteiger partial charge in [0.15, 0.2) is 6.61 Å². The van der Waals surface area contributed by atoms with Crippen LogP contribution in [0.15, 0.2) is 24.3 Å². The van der Waals surface area contributed by atoms with Crippen LogP contribution in [0.25, 0.3) is 0 Å². The van der Waals surface area contributed by atoms with Gasteiger partial charge in [0.2, 0.25) is 0 Å². The summed E-state index contributed by atoms with van der Waals surface area (Å²) >= 11 is 0. The van der Waals surface area contributed by atoms with Crippen molar-refractivity contribution in [2.24, 2.45) is 0 Å². The van der Waals surface area contributed by atoms with E-state index in [1.807, 2.05) is 6.92 Å². The molecule has 118 valence electrons. The van der Waals surface area contributed by atoms with Crippen LogP contribution in [0.2, 0.25) is 0 Å². The lowest BCUT2D eigenvalue weighted by atomic mass is 10.1. The van der Waals surface area contributed by atoms with Crippen molar-refractivity contribution in [2.75, 3.05) is 6.61 Å². The Hall–Kier alpha value is -1.76. The van der Waals surface area contributed by atoms with Gasteiger partial charge in [0.1, 0.15) is 11.8 Å². The molecule has 0 saturated carbocycles. The van der Waals surface area contributed by atoms with Crippen LogP contribution in [0.1, 0.15) is 25.3 Å². The van der Waals surface area contributed by atoms with Crippen molar-refractivity contribution >= 4 is 5.97 Å². The van der Waals surface area contributed by atoms with Gasteiger partial charge >= 0.3 is 12.1 Å². The highest BCUT2D eigenvalue weighted by molar-refractivity contribution is 5.73. The van der Waals surface area contributed by atoms with E-state index in [-0.39, 0.29) is 5.75 Å². The predicted molar refractivity (Wildman–Crippen MR) is 71.2 cm³/mol. The fourth-order valence-corrected chi connectivity index (χ4v) is 1.71. The Morgan fingerprint density at radius 3 is 2.43 bits per heavy atom. The minimum Gasteiger partial charge on any atom is -0.484 e. The van der Waals surface area contributed by atoms with Crippen molar-refractivity contribution in [1.29, 1.82) is 0 Å². The fraction of sp³-hybridized carbons (Fsp3) is 0.500. The Labute approximate surface area is 120 Å². The number of hydrogen-bond acceptors (Lipinski definition) is 3. The number of benzene rings is 1. The molecule has 0 amide bonds. The second-order valence-corrected chi connectivity index (χ2v) is 4.61. The van der Waals surface area contributed by atoms with Crippen molar-refractivity contribution in [3.8, 4) is 5.75 Å². The molecule has 0 spiro atoms. The zero-order valence-corrected chi connectivity index (χ0v) is 11.6. The van der Waals surface area contributed by atoms with Gasteiger partial charge in [-0.25, -0.2) is 0 Å². The maximum absolute atomic E-state index is 12.0. The van der Waals surface area contributed by atoms with Gasteiger partial charge in [-0.15, -0.1) is 0 Å². The van der Waals surface area contributed by atoms with Crippen molar-refractivity contribution in [1.82, 2.24) is 5.32 Å². The molecule has 0 bridgehead atoms. The zero-order valence-electron chi connectivity index (χ0n) is 11.6. The number of halogens is 3. The first-order valence-electron chi connectivity index (χ1n) is 6.56. The monoisotopic (exact) mass is 305 g/mol. The lowest BCUT2D eigenvalue weighted by molar-refractivity contribution is -0.153. The molecule has 0 aliphatic rings. The number of carboxylic acids is 1. The Morgan fingerprint density at radius 2 is 1.95 bits per heavy atom. The topological polar surface area (TPSA) is 58.6 Å². The third-order valence-corrected chi connectivity index (χ3v) is 2.75. The first-order valence-corrected chi connectivity index (χ1v) is 6.56. The zero-order chi connectivity index (χ0) is 15.9. The van der Waals surface area contributed by atoms with Gasteiger partial charge in [0.25, 0.3) is 0 Å². The highest BCUT2D eigenvalue weighted by Crippen LogP contribution is 2.18. The smallest absolute Gasteiger partial charge is 0.422 e. The summed E-state index contributed by atoms with van der Waals surface area (Å²) in [7, 11) is 0. The molecule has 1 aromatic rings. The molecule has 0 aliphatic heterocycles. The Balaban J connectivity index is 2.48. The summed E-state index contributed by atoms with van der Waals surface area (Å²) in [5, 5.41) is 11.9. The second kappa shape index (κ2) is 7.87. The SMILES string of the molecule is CCCC(NCc1ccc(OCC(F)(F)F)cc1)C(=O)O. The molecule has 1 aromatic carbocycles. The van der Waals surface area contributed by atoms with E-state index in [0.717, 1.165) is 12.0 Å². The van der Waals surface area contributed by atoms with Crippen molar-refractivity contribution in [3.05, 3.63) is 29.8 Å². The second-order valence-electron chi connectivity index (χ2n) is 4.61. The fourth-order valence-electron chi connectivity index (χ4n) is 1.71. The molecule has 0 aliphatic carbocycles. The summed E-state index contributed by atoms with van der Waals surface area (Å²) in [5.41, 5.74) is 0.775. The van der Waals surface area contributed by atoms with Crippen LogP contribution in [-0.2, 0) is 11.3 Å². The van der Waals surface area contributed by atoms with Crippen LogP contribution in [0.3, 0.4) is 0 Å². The molecule has 0 heterocycles. The van der Waals surface area contributed by atoms with Gasteiger partial charge in [-0.1, -0.05) is 25.5 Å². The van der Waals surface area contributed by atoms with Gasteiger partial charge in [0, 0.05) is 6.54 Å². The van der Waals surface area contributed by atoms with E-state index < -0.39 is 24.8 Å². The summed E-state index contributed by atoms with van der Waals surface area (Å²) in [4.78, 5) is 11.0. The Kier molecular flexibility index (Phi) is 6.48. The number of aliphatic carboxylic acids is 1. The quantitative estimate of drug-likeness (QED) is 0.775. The Morgan fingerprint density at radius 1 is 1.33 bits per heavy atom. The maximum Gasteiger partial charge on any atom is 0.422 e. The summed E-state index contributed by atoms with van der Waals surface area (Å²) in [5.74, 6) is -0.790. The number of carboxylic acid groups (broad SMARTS) is 1. The van der Waals surface area contributed by atoms with Gasteiger partial charge in [-0.2, -0.15) is 13.2 Å². The van der Waals surface area contributed by atoms with Crippen molar-refractivity contribution < 1.29 is 27.8 Å². The summed E-state index contributed by atoms with van der Waals surface area (Å²) in [6.07, 6.45) is -3.11. The molecular formula is C14H18F3NO3.